The van der Waals surface area contributed by atoms with Crippen LogP contribution in [0.15, 0.2) is 47.6 Å². The van der Waals surface area contributed by atoms with Gasteiger partial charge in [-0.25, -0.2) is 5.01 Å². The number of para-hydroxylation sites is 1. The van der Waals surface area contributed by atoms with E-state index < -0.39 is 0 Å². The Kier molecular flexibility index (Phi) is 3.96. The van der Waals surface area contributed by atoms with Crippen molar-refractivity contribution in [1.82, 2.24) is 5.53 Å². The highest BCUT2D eigenvalue weighted by molar-refractivity contribution is 7.97. The molecular weight excluding hydrogens is 324 g/mol. The summed E-state index contributed by atoms with van der Waals surface area (Å²) in [5.41, 5.74) is 4.32. The molecule has 0 bridgehead atoms. The van der Waals surface area contributed by atoms with Crippen molar-refractivity contribution >= 4 is 29.2 Å². The molecule has 0 saturated heterocycles. The lowest BCUT2D eigenvalue weighted by Crippen LogP contribution is -2.45. The van der Waals surface area contributed by atoms with Gasteiger partial charge in [-0.3, -0.25) is 0 Å². The van der Waals surface area contributed by atoms with Gasteiger partial charge in [0.15, 0.2) is 0 Å². The average Bonchev–Trinajstić information content (AvgIpc) is 2.90. The summed E-state index contributed by atoms with van der Waals surface area (Å²) >= 11 is 4.38. The second-order valence-electron chi connectivity index (χ2n) is 6.58. The minimum absolute atomic E-state index is 0.0650. The molecule has 2 aromatic rings. The fraction of sp³-hybridized carbons (Fsp3) is 0.235. The third-order valence-corrected chi connectivity index (χ3v) is 4.04. The lowest BCUT2D eigenvalue weighted by molar-refractivity contribution is 0.433. The highest BCUT2D eigenvalue weighted by atomic mass is 32.1. The normalized spacial score (nSPS) is 14.6. The van der Waals surface area contributed by atoms with Crippen LogP contribution < -0.4 is 15.7 Å². The maximum atomic E-state index is 10.8. The molecule has 0 unspecified atom stereocenters. The number of hydrogen-bond acceptors (Lipinski definition) is 6. The van der Waals surface area contributed by atoms with Crippen LogP contribution in [-0.2, 0) is 5.41 Å². The van der Waals surface area contributed by atoms with Gasteiger partial charge in [0.1, 0.15) is 17.2 Å². The monoisotopic (exact) mass is 344 g/mol. The van der Waals surface area contributed by atoms with Crippen molar-refractivity contribution in [1.29, 1.82) is 0 Å². The predicted molar refractivity (Wildman–Crippen MR) is 99.4 cm³/mol. The Labute approximate surface area is 146 Å². The fourth-order valence-electron chi connectivity index (χ4n) is 2.57. The van der Waals surface area contributed by atoms with Gasteiger partial charge in [0.05, 0.1) is 5.69 Å². The topological polar surface area (TPSA) is 71.3 Å². The number of hydrogen-bond donors (Lipinski definition) is 4. The van der Waals surface area contributed by atoms with Gasteiger partial charge in [0.25, 0.3) is 0 Å². The van der Waals surface area contributed by atoms with E-state index in [2.05, 4.69) is 23.3 Å². The molecule has 0 spiro atoms. The molecule has 24 heavy (non-hydrogen) atoms. The molecule has 126 valence electrons. The van der Waals surface area contributed by atoms with Crippen LogP contribution in [0.4, 0.5) is 11.4 Å². The Bertz CT molecular complexity index is 787. The number of phenolic OH excluding ortho intramolecular Hbond substituents is 2. The molecular formula is C17H20N4O2S. The number of benzene rings is 2. The Balaban J connectivity index is 2.10. The molecule has 1 aliphatic heterocycles. The van der Waals surface area contributed by atoms with Gasteiger partial charge in [-0.05, 0) is 23.6 Å². The highest BCUT2D eigenvalue weighted by Crippen LogP contribution is 2.42. The van der Waals surface area contributed by atoms with E-state index in [1.807, 2.05) is 51.1 Å². The van der Waals surface area contributed by atoms with E-state index >= 15 is 0 Å². The first-order valence-corrected chi connectivity index (χ1v) is 7.98. The van der Waals surface area contributed by atoms with Crippen LogP contribution in [0, 0.1) is 0 Å². The molecule has 7 heteroatoms. The molecule has 0 radical (unpaired) electrons. The zero-order chi connectivity index (χ0) is 17.5. The first-order chi connectivity index (χ1) is 11.3. The van der Waals surface area contributed by atoms with Gasteiger partial charge in [0.2, 0.25) is 5.17 Å². The molecule has 0 atom stereocenters. The van der Waals surface area contributed by atoms with E-state index in [1.165, 1.54) is 6.07 Å². The molecule has 1 heterocycles. The molecule has 0 aliphatic carbocycles. The number of anilines is 2. The van der Waals surface area contributed by atoms with Crippen LogP contribution in [0.3, 0.4) is 0 Å². The van der Waals surface area contributed by atoms with Gasteiger partial charge in [-0.15, -0.1) is 17.7 Å². The van der Waals surface area contributed by atoms with E-state index in [4.69, 9.17) is 0 Å². The smallest absolute Gasteiger partial charge is 0.207 e. The van der Waals surface area contributed by atoms with Crippen molar-refractivity contribution in [2.75, 3.05) is 10.1 Å². The Hall–Kier alpha value is -2.54. The number of nitrogens with zero attached hydrogens (tertiary/aromatic N) is 3. The highest BCUT2D eigenvalue weighted by Gasteiger charge is 2.31. The van der Waals surface area contributed by atoms with E-state index in [1.54, 1.807) is 16.2 Å². The number of nitrogens with one attached hydrogen (secondary N) is 1. The summed E-state index contributed by atoms with van der Waals surface area (Å²) in [6.45, 7) is 5.91. The third kappa shape index (κ3) is 2.82. The van der Waals surface area contributed by atoms with Crippen LogP contribution in [0.1, 0.15) is 26.3 Å². The summed E-state index contributed by atoms with van der Waals surface area (Å²) in [5, 5.41) is 28.7. The minimum Gasteiger partial charge on any atom is -0.508 e. The number of amidine groups is 1. The summed E-state index contributed by atoms with van der Waals surface area (Å²) in [6.07, 6.45) is 0. The number of aromatic hydroxyl groups is 2. The van der Waals surface area contributed by atoms with E-state index in [0.717, 1.165) is 5.69 Å². The van der Waals surface area contributed by atoms with Gasteiger partial charge in [-0.1, -0.05) is 39.0 Å². The summed E-state index contributed by atoms with van der Waals surface area (Å²) in [6, 6.07) is 12.6. The third-order valence-electron chi connectivity index (χ3n) is 3.75. The van der Waals surface area contributed by atoms with Crippen LogP contribution in [0.5, 0.6) is 11.5 Å². The second-order valence-corrected chi connectivity index (χ2v) is 6.98. The Morgan fingerprint density at radius 1 is 1.08 bits per heavy atom. The minimum atomic E-state index is -0.334. The van der Waals surface area contributed by atoms with E-state index in [9.17, 15) is 10.2 Å². The predicted octanol–water partition coefficient (Wildman–Crippen LogP) is 3.34. The Morgan fingerprint density at radius 2 is 1.75 bits per heavy atom. The molecule has 0 fully saturated rings. The molecule has 0 saturated carbocycles. The zero-order valence-electron chi connectivity index (χ0n) is 13.7. The molecule has 0 aromatic heterocycles. The van der Waals surface area contributed by atoms with Crippen molar-refractivity contribution < 1.29 is 10.2 Å². The van der Waals surface area contributed by atoms with Crippen LogP contribution in [0.2, 0.25) is 0 Å². The lowest BCUT2D eigenvalue weighted by atomic mass is 9.86. The van der Waals surface area contributed by atoms with Crippen molar-refractivity contribution in [3.8, 4) is 11.5 Å². The van der Waals surface area contributed by atoms with Crippen molar-refractivity contribution in [2.45, 2.75) is 26.2 Å². The number of hydrazone groups is 1. The van der Waals surface area contributed by atoms with Gasteiger partial charge in [-0.2, -0.15) is 10.7 Å². The van der Waals surface area contributed by atoms with Crippen LogP contribution in [-0.4, -0.2) is 15.4 Å². The number of rotatable bonds is 2. The first-order valence-electron chi connectivity index (χ1n) is 7.53. The van der Waals surface area contributed by atoms with Gasteiger partial charge < -0.3 is 10.2 Å². The first kappa shape index (κ1) is 16.3. The SMILES string of the molecule is CC(C)(C)c1cc(O)cc(N2NN=C(S)N2c2ccccc2)c1O. The van der Waals surface area contributed by atoms with E-state index in [-0.39, 0.29) is 16.9 Å². The number of hydrazine groups is 2. The average molecular weight is 344 g/mol. The summed E-state index contributed by atoms with van der Waals surface area (Å²) < 4.78 is 0. The van der Waals surface area contributed by atoms with Crippen LogP contribution in [0.25, 0.3) is 0 Å². The Morgan fingerprint density at radius 3 is 2.38 bits per heavy atom. The summed E-state index contributed by atoms with van der Waals surface area (Å²) in [7, 11) is 0. The maximum Gasteiger partial charge on any atom is 0.207 e. The second kappa shape index (κ2) is 5.83. The molecule has 6 nitrogen and oxygen atoms in total. The number of phenols is 2. The van der Waals surface area contributed by atoms with Gasteiger partial charge >= 0.3 is 0 Å². The zero-order valence-corrected chi connectivity index (χ0v) is 14.6. The molecule has 2 aromatic carbocycles. The van der Waals surface area contributed by atoms with Crippen molar-refractivity contribution in [3.63, 3.8) is 0 Å². The summed E-state index contributed by atoms with van der Waals surface area (Å²) in [5.74, 6) is 0.141. The maximum absolute atomic E-state index is 10.8. The standard InChI is InChI=1S/C17H20N4O2S/c1-17(2,3)13-9-12(22)10-14(15(13)23)21-19-18-16(24)20(21)11-7-5-4-6-8-11/h4-10,19,22-23H,1-3H3,(H,18,24). The quantitative estimate of drug-likeness (QED) is 0.497. The molecule has 3 rings (SSSR count). The number of thiol groups is 1. The largest absolute Gasteiger partial charge is 0.508 e. The van der Waals surface area contributed by atoms with Crippen molar-refractivity contribution in [3.05, 3.63) is 48.0 Å². The van der Waals surface area contributed by atoms with E-state index in [0.29, 0.717) is 16.4 Å². The lowest BCUT2D eigenvalue weighted by Gasteiger charge is -2.31. The van der Waals surface area contributed by atoms with Crippen molar-refractivity contribution in [2.24, 2.45) is 5.10 Å². The molecule has 1 aliphatic rings. The molecule has 3 N–H and O–H groups in total. The fourth-order valence-corrected chi connectivity index (χ4v) is 2.82. The van der Waals surface area contributed by atoms with Gasteiger partial charge in [0, 0.05) is 11.6 Å². The summed E-state index contributed by atoms with van der Waals surface area (Å²) in [4.78, 5) is 0. The molecule has 0 amide bonds. The van der Waals surface area contributed by atoms with Crippen LogP contribution >= 0.6 is 12.6 Å².